The molecule has 0 bridgehead atoms. The average molecular weight is 375 g/mol. The molecule has 0 radical (unpaired) electrons. The number of rotatable bonds is 9. The number of aryl methyl sites for hydroxylation is 1. The van der Waals surface area contributed by atoms with Gasteiger partial charge in [-0.3, -0.25) is 9.59 Å². The van der Waals surface area contributed by atoms with E-state index in [0.29, 0.717) is 22.7 Å². The summed E-state index contributed by atoms with van der Waals surface area (Å²) in [6.07, 6.45) is 4.61. The van der Waals surface area contributed by atoms with E-state index in [2.05, 4.69) is 12.2 Å². The topological polar surface area (TPSA) is 81.4 Å². The minimum atomic E-state index is -0.533. The summed E-state index contributed by atoms with van der Waals surface area (Å²) in [4.78, 5) is 25.1. The number of anilines is 1. The van der Waals surface area contributed by atoms with E-state index in [0.717, 1.165) is 22.6 Å². The molecule has 1 aromatic carbocycles. The first kappa shape index (κ1) is 20.0. The second-order valence-corrected chi connectivity index (χ2v) is 7.46. The molecule has 1 aromatic heterocycles. The van der Waals surface area contributed by atoms with Gasteiger partial charge in [0.15, 0.2) is 0 Å². The summed E-state index contributed by atoms with van der Waals surface area (Å²) in [5.74, 6) is -0.0593. The lowest BCUT2D eigenvalue weighted by molar-refractivity contribution is 0.100. The number of thiophene rings is 1. The zero-order valence-corrected chi connectivity index (χ0v) is 16.4. The van der Waals surface area contributed by atoms with Gasteiger partial charge in [0.25, 0.3) is 11.8 Å². The summed E-state index contributed by atoms with van der Waals surface area (Å²) in [6.45, 7) is 6.58. The second-order valence-electron chi connectivity index (χ2n) is 6.24. The molecule has 5 nitrogen and oxygen atoms in total. The minimum absolute atomic E-state index is 0.275. The number of nitrogens with two attached hydrogens (primary N) is 1. The van der Waals surface area contributed by atoms with Crippen molar-refractivity contribution in [1.29, 1.82) is 0 Å². The summed E-state index contributed by atoms with van der Waals surface area (Å²) in [5, 5.41) is 3.29. The Balaban J connectivity index is 1.98. The van der Waals surface area contributed by atoms with Crippen molar-refractivity contribution in [3.05, 3.63) is 45.8 Å². The van der Waals surface area contributed by atoms with Gasteiger partial charge in [0.2, 0.25) is 0 Å². The number of ether oxygens (including phenoxy) is 1. The van der Waals surface area contributed by atoms with Crippen LogP contribution < -0.4 is 15.8 Å². The van der Waals surface area contributed by atoms with E-state index in [-0.39, 0.29) is 5.91 Å². The molecule has 2 rings (SSSR count). The van der Waals surface area contributed by atoms with Gasteiger partial charge in [-0.15, -0.1) is 11.3 Å². The highest BCUT2D eigenvalue weighted by Gasteiger charge is 2.19. The molecule has 0 aliphatic carbocycles. The smallest absolute Gasteiger partial charge is 0.256 e. The van der Waals surface area contributed by atoms with Crippen molar-refractivity contribution in [2.75, 3.05) is 11.9 Å². The third kappa shape index (κ3) is 5.08. The lowest BCUT2D eigenvalue weighted by Crippen LogP contribution is -2.17. The molecule has 1 heterocycles. The van der Waals surface area contributed by atoms with Crippen molar-refractivity contribution in [3.8, 4) is 5.75 Å². The van der Waals surface area contributed by atoms with Gasteiger partial charge in [0, 0.05) is 10.4 Å². The van der Waals surface area contributed by atoms with Gasteiger partial charge in [-0.2, -0.15) is 0 Å². The van der Waals surface area contributed by atoms with Crippen LogP contribution in [0.3, 0.4) is 0 Å². The van der Waals surface area contributed by atoms with E-state index < -0.39 is 5.91 Å². The van der Waals surface area contributed by atoms with Gasteiger partial charge >= 0.3 is 0 Å². The van der Waals surface area contributed by atoms with Gasteiger partial charge in [0.05, 0.1) is 12.2 Å². The van der Waals surface area contributed by atoms with E-state index in [4.69, 9.17) is 10.5 Å². The molecule has 0 atom stereocenters. The first-order chi connectivity index (χ1) is 12.4. The van der Waals surface area contributed by atoms with Crippen LogP contribution in [-0.2, 0) is 0 Å². The lowest BCUT2D eigenvalue weighted by Gasteiger charge is -2.08. The van der Waals surface area contributed by atoms with Crippen LogP contribution in [0.5, 0.6) is 5.75 Å². The van der Waals surface area contributed by atoms with Crippen molar-refractivity contribution < 1.29 is 14.3 Å². The highest BCUT2D eigenvalue weighted by molar-refractivity contribution is 7.16. The van der Waals surface area contributed by atoms with Crippen LogP contribution in [0.25, 0.3) is 0 Å². The Morgan fingerprint density at radius 2 is 1.81 bits per heavy atom. The zero-order chi connectivity index (χ0) is 19.1. The number of carbonyl (C=O) groups excluding carboxylic acids is 2. The normalized spacial score (nSPS) is 10.6. The number of benzene rings is 1. The lowest BCUT2D eigenvalue weighted by atomic mass is 10.1. The van der Waals surface area contributed by atoms with Gasteiger partial charge < -0.3 is 15.8 Å². The number of unbranched alkanes of at least 4 members (excludes halogenated alkanes) is 3. The molecular formula is C20H26N2O3S. The first-order valence-electron chi connectivity index (χ1n) is 8.88. The second kappa shape index (κ2) is 9.38. The number of hydrogen-bond donors (Lipinski definition) is 2. The van der Waals surface area contributed by atoms with Gasteiger partial charge in [-0.1, -0.05) is 26.2 Å². The van der Waals surface area contributed by atoms with E-state index in [1.807, 2.05) is 13.8 Å². The van der Waals surface area contributed by atoms with Crippen molar-refractivity contribution in [1.82, 2.24) is 0 Å². The largest absolute Gasteiger partial charge is 0.494 e. The van der Waals surface area contributed by atoms with Gasteiger partial charge in [0.1, 0.15) is 10.8 Å². The van der Waals surface area contributed by atoms with Crippen LogP contribution in [0.4, 0.5) is 5.00 Å². The fourth-order valence-electron chi connectivity index (χ4n) is 2.61. The third-order valence-electron chi connectivity index (χ3n) is 4.24. The molecule has 0 aliphatic heterocycles. The van der Waals surface area contributed by atoms with E-state index in [9.17, 15) is 9.59 Å². The summed E-state index contributed by atoms with van der Waals surface area (Å²) in [7, 11) is 0. The fraction of sp³-hybridized carbons (Fsp3) is 0.400. The van der Waals surface area contributed by atoms with Crippen LogP contribution in [0.2, 0.25) is 0 Å². The van der Waals surface area contributed by atoms with Crippen LogP contribution in [0.1, 0.15) is 63.8 Å². The highest BCUT2D eigenvalue weighted by atomic mass is 32.1. The Bertz CT molecular complexity index is 766. The SMILES string of the molecule is CCCCCCOc1ccc(C(=O)Nc2sc(C)c(C)c2C(N)=O)cc1. The molecule has 0 aliphatic rings. The average Bonchev–Trinajstić information content (AvgIpc) is 2.89. The Kier molecular flexibility index (Phi) is 7.21. The van der Waals surface area contributed by atoms with Crippen LogP contribution in [0.15, 0.2) is 24.3 Å². The molecule has 0 saturated heterocycles. The number of hydrogen-bond acceptors (Lipinski definition) is 4. The van der Waals surface area contributed by atoms with Crippen molar-refractivity contribution >= 4 is 28.2 Å². The predicted octanol–water partition coefficient (Wildman–Crippen LogP) is 4.68. The Morgan fingerprint density at radius 1 is 1.12 bits per heavy atom. The molecule has 0 saturated carbocycles. The summed E-state index contributed by atoms with van der Waals surface area (Å²) >= 11 is 1.36. The number of amides is 2. The van der Waals surface area contributed by atoms with Gasteiger partial charge in [-0.25, -0.2) is 0 Å². The zero-order valence-electron chi connectivity index (χ0n) is 15.6. The fourth-order valence-corrected chi connectivity index (χ4v) is 3.67. The molecule has 2 aromatic rings. The molecule has 140 valence electrons. The Hall–Kier alpha value is -2.34. The van der Waals surface area contributed by atoms with Crippen molar-refractivity contribution in [2.45, 2.75) is 46.5 Å². The third-order valence-corrected chi connectivity index (χ3v) is 5.36. The molecule has 3 N–H and O–H groups in total. The Labute approximate surface area is 158 Å². The first-order valence-corrected chi connectivity index (χ1v) is 9.69. The quantitative estimate of drug-likeness (QED) is 0.626. The molecule has 0 fully saturated rings. The monoisotopic (exact) mass is 374 g/mol. The number of carbonyl (C=O) groups is 2. The maximum atomic E-state index is 12.5. The Morgan fingerprint density at radius 3 is 2.42 bits per heavy atom. The maximum Gasteiger partial charge on any atom is 0.256 e. The molecule has 26 heavy (non-hydrogen) atoms. The molecule has 6 heteroatoms. The van der Waals surface area contributed by atoms with E-state index >= 15 is 0 Å². The van der Waals surface area contributed by atoms with E-state index in [1.54, 1.807) is 24.3 Å². The number of nitrogens with one attached hydrogen (secondary N) is 1. The van der Waals surface area contributed by atoms with Crippen molar-refractivity contribution in [2.24, 2.45) is 5.73 Å². The standard InChI is InChI=1S/C20H26N2O3S/c1-4-5-6-7-12-25-16-10-8-15(9-11-16)19(24)22-20-17(18(21)23)13(2)14(3)26-20/h8-11H,4-7,12H2,1-3H3,(H2,21,23)(H,22,24). The summed E-state index contributed by atoms with van der Waals surface area (Å²) in [5.41, 5.74) is 7.13. The minimum Gasteiger partial charge on any atom is -0.494 e. The molecule has 2 amide bonds. The summed E-state index contributed by atoms with van der Waals surface area (Å²) < 4.78 is 5.68. The van der Waals surface area contributed by atoms with Crippen LogP contribution in [0, 0.1) is 13.8 Å². The molecule has 0 spiro atoms. The van der Waals surface area contributed by atoms with Crippen LogP contribution in [-0.4, -0.2) is 18.4 Å². The molecular weight excluding hydrogens is 348 g/mol. The molecule has 0 unspecified atom stereocenters. The van der Waals surface area contributed by atoms with Crippen LogP contribution >= 0.6 is 11.3 Å². The predicted molar refractivity (Wildman–Crippen MR) is 106 cm³/mol. The maximum absolute atomic E-state index is 12.5. The van der Waals surface area contributed by atoms with Gasteiger partial charge in [-0.05, 0) is 50.1 Å². The van der Waals surface area contributed by atoms with Crippen molar-refractivity contribution in [3.63, 3.8) is 0 Å². The summed E-state index contributed by atoms with van der Waals surface area (Å²) in [6, 6.07) is 7.01. The highest BCUT2D eigenvalue weighted by Crippen LogP contribution is 2.32. The van der Waals surface area contributed by atoms with E-state index in [1.165, 1.54) is 30.6 Å². The number of primary amides is 1.